The molecular formula is C12H13BrFN3. The third-order valence-corrected chi connectivity index (χ3v) is 3.31. The topological polar surface area (TPSA) is 40.7 Å². The molecular weight excluding hydrogens is 285 g/mol. The smallest absolute Gasteiger partial charge is 0.139 e. The van der Waals surface area contributed by atoms with Gasteiger partial charge in [0.25, 0.3) is 0 Å². The van der Waals surface area contributed by atoms with Crippen LogP contribution in [-0.2, 0) is 6.54 Å². The fraction of sp³-hybridized carbons (Fsp3) is 0.250. The van der Waals surface area contributed by atoms with Crippen molar-refractivity contribution < 1.29 is 4.39 Å². The maximum atomic E-state index is 13.3. The summed E-state index contributed by atoms with van der Waals surface area (Å²) < 4.78 is 13.8. The van der Waals surface area contributed by atoms with Gasteiger partial charge in [0.15, 0.2) is 0 Å². The molecule has 0 bridgehead atoms. The molecule has 2 rings (SSSR count). The van der Waals surface area contributed by atoms with E-state index in [2.05, 4.69) is 31.4 Å². The Kier molecular flexibility index (Phi) is 3.47. The third kappa shape index (κ3) is 2.66. The van der Waals surface area contributed by atoms with Gasteiger partial charge in [-0.05, 0) is 48.0 Å². The predicted octanol–water partition coefficient (Wildman–Crippen LogP) is 3.54. The lowest BCUT2D eigenvalue weighted by Crippen LogP contribution is -2.01. The molecule has 0 atom stereocenters. The van der Waals surface area contributed by atoms with E-state index < -0.39 is 0 Å². The number of anilines is 1. The summed E-state index contributed by atoms with van der Waals surface area (Å²) in [4.78, 5) is 0. The molecule has 3 nitrogen and oxygen atoms in total. The van der Waals surface area contributed by atoms with Crippen molar-refractivity contribution in [2.45, 2.75) is 20.4 Å². The number of hydrogen-bond acceptors (Lipinski definition) is 2. The number of benzene rings is 1. The van der Waals surface area contributed by atoms with Crippen molar-refractivity contribution in [2.75, 3.05) is 5.32 Å². The Morgan fingerprint density at radius 1 is 1.41 bits per heavy atom. The molecule has 0 saturated heterocycles. The highest BCUT2D eigenvalue weighted by Crippen LogP contribution is 2.20. The van der Waals surface area contributed by atoms with Crippen LogP contribution in [0.2, 0.25) is 0 Å². The summed E-state index contributed by atoms with van der Waals surface area (Å²) in [6, 6.07) is 4.99. The van der Waals surface area contributed by atoms with Crippen LogP contribution in [0.5, 0.6) is 0 Å². The average Bonchev–Trinajstić information content (AvgIpc) is 2.61. The largest absolute Gasteiger partial charge is 0.381 e. The summed E-state index contributed by atoms with van der Waals surface area (Å²) in [6.45, 7) is 4.55. The summed E-state index contributed by atoms with van der Waals surface area (Å²) in [7, 11) is 0. The Balaban J connectivity index is 2.10. The van der Waals surface area contributed by atoms with Gasteiger partial charge >= 0.3 is 0 Å². The molecule has 0 radical (unpaired) electrons. The van der Waals surface area contributed by atoms with Crippen molar-refractivity contribution in [3.8, 4) is 0 Å². The molecule has 0 aliphatic heterocycles. The number of halogens is 2. The second kappa shape index (κ2) is 4.87. The zero-order valence-corrected chi connectivity index (χ0v) is 11.2. The van der Waals surface area contributed by atoms with Crippen LogP contribution in [0.3, 0.4) is 0 Å². The lowest BCUT2D eigenvalue weighted by Gasteiger charge is -2.07. The van der Waals surface area contributed by atoms with E-state index in [9.17, 15) is 4.39 Å². The van der Waals surface area contributed by atoms with Crippen molar-refractivity contribution in [1.82, 2.24) is 10.2 Å². The van der Waals surface area contributed by atoms with Gasteiger partial charge < -0.3 is 5.32 Å². The molecule has 0 amide bonds. The fourth-order valence-electron chi connectivity index (χ4n) is 1.63. The molecule has 17 heavy (non-hydrogen) atoms. The van der Waals surface area contributed by atoms with Gasteiger partial charge in [0, 0.05) is 23.5 Å². The average molecular weight is 298 g/mol. The molecule has 1 aromatic carbocycles. The second-order valence-corrected chi connectivity index (χ2v) is 4.75. The van der Waals surface area contributed by atoms with Crippen molar-refractivity contribution in [3.63, 3.8) is 0 Å². The van der Waals surface area contributed by atoms with E-state index in [1.54, 1.807) is 6.07 Å². The molecule has 2 aromatic rings. The first-order chi connectivity index (χ1) is 8.08. The highest BCUT2D eigenvalue weighted by molar-refractivity contribution is 9.10. The monoisotopic (exact) mass is 297 g/mol. The standard InChI is InChI=1S/C12H13BrFN3/c1-7-10(8(2)17-16-7)6-15-9-3-4-11(13)12(14)5-9/h3-5,15H,6H2,1-2H3,(H,16,17). The second-order valence-electron chi connectivity index (χ2n) is 3.90. The molecule has 5 heteroatoms. The summed E-state index contributed by atoms with van der Waals surface area (Å²) in [5, 5.41) is 10.2. The van der Waals surface area contributed by atoms with Gasteiger partial charge in [-0.3, -0.25) is 5.10 Å². The third-order valence-electron chi connectivity index (χ3n) is 2.67. The summed E-state index contributed by atoms with van der Waals surface area (Å²) in [5.41, 5.74) is 3.87. The number of aromatic amines is 1. The van der Waals surface area contributed by atoms with Crippen LogP contribution in [0, 0.1) is 19.7 Å². The Hall–Kier alpha value is -1.36. The van der Waals surface area contributed by atoms with E-state index in [0.717, 1.165) is 22.6 Å². The maximum Gasteiger partial charge on any atom is 0.139 e. The summed E-state index contributed by atoms with van der Waals surface area (Å²) in [5.74, 6) is -0.268. The number of nitrogens with zero attached hydrogens (tertiary/aromatic N) is 1. The molecule has 1 heterocycles. The van der Waals surface area contributed by atoms with E-state index in [-0.39, 0.29) is 5.82 Å². The van der Waals surface area contributed by atoms with E-state index in [0.29, 0.717) is 11.0 Å². The number of aryl methyl sites for hydroxylation is 2. The van der Waals surface area contributed by atoms with E-state index in [4.69, 9.17) is 0 Å². The Morgan fingerprint density at radius 3 is 2.76 bits per heavy atom. The van der Waals surface area contributed by atoms with Crippen LogP contribution >= 0.6 is 15.9 Å². The maximum absolute atomic E-state index is 13.3. The molecule has 2 N–H and O–H groups in total. The first kappa shape index (κ1) is 12.1. The van der Waals surface area contributed by atoms with Gasteiger partial charge in [-0.25, -0.2) is 4.39 Å². The quantitative estimate of drug-likeness (QED) is 0.910. The van der Waals surface area contributed by atoms with Crippen LogP contribution in [0.4, 0.5) is 10.1 Å². The first-order valence-electron chi connectivity index (χ1n) is 5.27. The van der Waals surface area contributed by atoms with E-state index in [1.165, 1.54) is 6.07 Å². The number of nitrogens with one attached hydrogen (secondary N) is 2. The number of hydrogen-bond donors (Lipinski definition) is 2. The lowest BCUT2D eigenvalue weighted by atomic mass is 10.2. The Bertz CT molecular complexity index is 517. The molecule has 0 unspecified atom stereocenters. The highest BCUT2D eigenvalue weighted by Gasteiger charge is 2.06. The van der Waals surface area contributed by atoms with Crippen LogP contribution in [0.25, 0.3) is 0 Å². The normalized spacial score (nSPS) is 10.6. The minimum Gasteiger partial charge on any atom is -0.381 e. The van der Waals surface area contributed by atoms with Crippen molar-refractivity contribution in [3.05, 3.63) is 45.4 Å². The first-order valence-corrected chi connectivity index (χ1v) is 6.06. The molecule has 0 saturated carbocycles. The molecule has 1 aromatic heterocycles. The van der Waals surface area contributed by atoms with Gasteiger partial charge in [0.2, 0.25) is 0 Å². The summed E-state index contributed by atoms with van der Waals surface area (Å²) in [6.07, 6.45) is 0. The van der Waals surface area contributed by atoms with E-state index >= 15 is 0 Å². The molecule has 0 fully saturated rings. The van der Waals surface area contributed by atoms with Crippen molar-refractivity contribution >= 4 is 21.6 Å². The van der Waals surface area contributed by atoms with E-state index in [1.807, 2.05) is 19.9 Å². The molecule has 0 spiro atoms. The van der Waals surface area contributed by atoms with Crippen molar-refractivity contribution in [2.24, 2.45) is 0 Å². The number of H-pyrrole nitrogens is 1. The zero-order valence-electron chi connectivity index (χ0n) is 9.64. The predicted molar refractivity (Wildman–Crippen MR) is 69.5 cm³/mol. The SMILES string of the molecule is Cc1n[nH]c(C)c1CNc1ccc(Br)c(F)c1. The zero-order chi connectivity index (χ0) is 12.4. The van der Waals surface area contributed by atoms with Crippen molar-refractivity contribution in [1.29, 1.82) is 0 Å². The summed E-state index contributed by atoms with van der Waals surface area (Å²) >= 11 is 3.12. The lowest BCUT2D eigenvalue weighted by molar-refractivity contribution is 0.621. The highest BCUT2D eigenvalue weighted by atomic mass is 79.9. The fourth-order valence-corrected chi connectivity index (χ4v) is 1.88. The number of rotatable bonds is 3. The van der Waals surface area contributed by atoms with Gasteiger partial charge in [0.05, 0.1) is 10.2 Å². The molecule has 0 aliphatic rings. The van der Waals surface area contributed by atoms with Crippen LogP contribution in [-0.4, -0.2) is 10.2 Å². The van der Waals surface area contributed by atoms with Gasteiger partial charge in [-0.1, -0.05) is 0 Å². The van der Waals surface area contributed by atoms with Crippen LogP contribution in [0.1, 0.15) is 17.0 Å². The van der Waals surface area contributed by atoms with Gasteiger partial charge in [-0.2, -0.15) is 5.10 Å². The number of aromatic nitrogens is 2. The minimum absolute atomic E-state index is 0.268. The Morgan fingerprint density at radius 2 is 2.18 bits per heavy atom. The van der Waals surface area contributed by atoms with Gasteiger partial charge in [-0.15, -0.1) is 0 Å². The van der Waals surface area contributed by atoms with Crippen LogP contribution < -0.4 is 5.32 Å². The van der Waals surface area contributed by atoms with Crippen LogP contribution in [0.15, 0.2) is 22.7 Å². The van der Waals surface area contributed by atoms with Gasteiger partial charge in [0.1, 0.15) is 5.82 Å². The molecule has 0 aliphatic carbocycles. The minimum atomic E-state index is -0.268. The molecule has 90 valence electrons. The Labute approximate surface area is 108 Å².